The minimum atomic E-state index is -0.302. The number of carbonyl (C=O) groups is 2. The minimum Gasteiger partial charge on any atom is -0.493 e. The van der Waals surface area contributed by atoms with Gasteiger partial charge in [-0.05, 0) is 55.4 Å². The lowest BCUT2D eigenvalue weighted by Crippen LogP contribution is -2.27. The number of halogens is 1. The van der Waals surface area contributed by atoms with Crippen molar-refractivity contribution in [3.63, 3.8) is 0 Å². The Hall–Kier alpha value is -2.24. The van der Waals surface area contributed by atoms with E-state index in [1.165, 1.54) is 4.90 Å². The van der Waals surface area contributed by atoms with Gasteiger partial charge in [0.15, 0.2) is 0 Å². The number of hydrogen-bond acceptors (Lipinski definition) is 4. The van der Waals surface area contributed by atoms with E-state index >= 15 is 0 Å². The molecule has 0 aromatic heterocycles. The first-order valence-corrected chi connectivity index (χ1v) is 9.40. The van der Waals surface area contributed by atoms with Crippen LogP contribution in [0.1, 0.15) is 23.6 Å². The monoisotopic (exact) mass is 387 g/mol. The molecule has 134 valence electrons. The van der Waals surface area contributed by atoms with Crippen LogP contribution in [-0.4, -0.2) is 22.7 Å². The number of aryl methyl sites for hydroxylation is 1. The first-order chi connectivity index (χ1) is 12.5. The first-order valence-electron chi connectivity index (χ1n) is 8.21. The molecule has 0 unspecified atom stereocenters. The van der Waals surface area contributed by atoms with Crippen LogP contribution in [0, 0.1) is 6.92 Å². The molecular weight excluding hydrogens is 370 g/mol. The highest BCUT2D eigenvalue weighted by atomic mass is 35.5. The van der Waals surface area contributed by atoms with Crippen molar-refractivity contribution in [2.24, 2.45) is 0 Å². The second-order valence-electron chi connectivity index (χ2n) is 5.87. The van der Waals surface area contributed by atoms with Crippen molar-refractivity contribution < 1.29 is 14.3 Å². The molecule has 0 radical (unpaired) electrons. The molecule has 1 aliphatic heterocycles. The molecule has 3 rings (SSSR count). The van der Waals surface area contributed by atoms with Crippen LogP contribution in [0.4, 0.5) is 4.79 Å². The molecule has 1 saturated heterocycles. The SMILES string of the molecule is CCOc1ccc(Cl)cc1/C=C1\SC(=O)N(Cc2cccc(C)c2)C1=O. The fourth-order valence-corrected chi connectivity index (χ4v) is 3.70. The molecule has 0 N–H and O–H groups in total. The third-order valence-corrected chi connectivity index (χ3v) is 5.00. The average molecular weight is 388 g/mol. The summed E-state index contributed by atoms with van der Waals surface area (Å²) in [7, 11) is 0. The summed E-state index contributed by atoms with van der Waals surface area (Å²) >= 11 is 7.00. The largest absolute Gasteiger partial charge is 0.493 e. The minimum absolute atomic E-state index is 0.261. The summed E-state index contributed by atoms with van der Waals surface area (Å²) in [6.07, 6.45) is 1.66. The van der Waals surface area contributed by atoms with Gasteiger partial charge in [-0.2, -0.15) is 0 Å². The topological polar surface area (TPSA) is 46.6 Å². The van der Waals surface area contributed by atoms with Crippen molar-refractivity contribution in [1.29, 1.82) is 0 Å². The summed E-state index contributed by atoms with van der Waals surface area (Å²) in [6.45, 7) is 4.62. The third kappa shape index (κ3) is 4.11. The van der Waals surface area contributed by atoms with Gasteiger partial charge < -0.3 is 4.74 Å². The summed E-state index contributed by atoms with van der Waals surface area (Å²) in [5.74, 6) is 0.325. The van der Waals surface area contributed by atoms with Crippen LogP contribution in [0.3, 0.4) is 0 Å². The van der Waals surface area contributed by atoms with Crippen LogP contribution < -0.4 is 4.74 Å². The Labute approximate surface area is 161 Å². The summed E-state index contributed by atoms with van der Waals surface area (Å²) in [5.41, 5.74) is 2.69. The summed E-state index contributed by atoms with van der Waals surface area (Å²) in [5, 5.41) is 0.265. The molecule has 2 aromatic carbocycles. The van der Waals surface area contributed by atoms with Crippen LogP contribution >= 0.6 is 23.4 Å². The van der Waals surface area contributed by atoms with Gasteiger partial charge in [0, 0.05) is 10.6 Å². The zero-order valence-corrected chi connectivity index (χ0v) is 16.1. The molecule has 1 aliphatic rings. The highest BCUT2D eigenvalue weighted by Crippen LogP contribution is 2.35. The molecule has 2 aromatic rings. The van der Waals surface area contributed by atoms with Gasteiger partial charge in [-0.25, -0.2) is 0 Å². The average Bonchev–Trinajstić information content (AvgIpc) is 2.85. The molecule has 0 bridgehead atoms. The fraction of sp³-hybridized carbons (Fsp3) is 0.200. The van der Waals surface area contributed by atoms with Crippen LogP contribution in [0.25, 0.3) is 6.08 Å². The van der Waals surface area contributed by atoms with E-state index in [4.69, 9.17) is 16.3 Å². The van der Waals surface area contributed by atoms with Gasteiger partial charge in [-0.1, -0.05) is 41.4 Å². The smallest absolute Gasteiger partial charge is 0.293 e. The predicted molar refractivity (Wildman–Crippen MR) is 105 cm³/mol. The Balaban J connectivity index is 1.87. The quantitative estimate of drug-likeness (QED) is 0.654. The van der Waals surface area contributed by atoms with Crippen LogP contribution in [0.5, 0.6) is 5.75 Å². The molecule has 0 saturated carbocycles. The van der Waals surface area contributed by atoms with Gasteiger partial charge in [0.25, 0.3) is 11.1 Å². The van der Waals surface area contributed by atoms with E-state index in [2.05, 4.69) is 0 Å². The second kappa shape index (κ2) is 7.98. The predicted octanol–water partition coefficient (Wildman–Crippen LogP) is 5.28. The van der Waals surface area contributed by atoms with E-state index in [1.807, 2.05) is 38.1 Å². The van der Waals surface area contributed by atoms with Crippen molar-refractivity contribution in [1.82, 2.24) is 4.90 Å². The number of thioether (sulfide) groups is 1. The maximum atomic E-state index is 12.7. The molecule has 1 heterocycles. The van der Waals surface area contributed by atoms with E-state index in [0.717, 1.165) is 22.9 Å². The third-order valence-electron chi connectivity index (χ3n) is 3.86. The van der Waals surface area contributed by atoms with Gasteiger partial charge >= 0.3 is 0 Å². The Morgan fingerprint density at radius 1 is 1.19 bits per heavy atom. The highest BCUT2D eigenvalue weighted by molar-refractivity contribution is 8.18. The van der Waals surface area contributed by atoms with Crippen molar-refractivity contribution in [3.8, 4) is 5.75 Å². The molecule has 0 aliphatic carbocycles. The number of amides is 2. The number of imide groups is 1. The number of rotatable bonds is 5. The van der Waals surface area contributed by atoms with Crippen LogP contribution in [0.2, 0.25) is 5.02 Å². The maximum Gasteiger partial charge on any atom is 0.293 e. The van der Waals surface area contributed by atoms with Crippen molar-refractivity contribution in [2.75, 3.05) is 6.61 Å². The van der Waals surface area contributed by atoms with E-state index in [9.17, 15) is 9.59 Å². The van der Waals surface area contributed by atoms with Gasteiger partial charge in [0.2, 0.25) is 0 Å². The molecule has 26 heavy (non-hydrogen) atoms. The molecule has 4 nitrogen and oxygen atoms in total. The number of hydrogen-bond donors (Lipinski definition) is 0. The van der Waals surface area contributed by atoms with Crippen molar-refractivity contribution in [2.45, 2.75) is 20.4 Å². The Morgan fingerprint density at radius 3 is 2.73 bits per heavy atom. The summed E-state index contributed by atoms with van der Waals surface area (Å²) in [4.78, 5) is 26.7. The molecule has 0 atom stereocenters. The Kier molecular flexibility index (Phi) is 5.69. The number of carbonyl (C=O) groups excluding carboxylic acids is 2. The normalized spacial score (nSPS) is 15.8. The van der Waals surface area contributed by atoms with E-state index in [0.29, 0.717) is 27.8 Å². The molecule has 1 fully saturated rings. The van der Waals surface area contributed by atoms with Crippen molar-refractivity contribution >= 4 is 40.6 Å². The van der Waals surface area contributed by atoms with Gasteiger partial charge in [0.1, 0.15) is 5.75 Å². The lowest BCUT2D eigenvalue weighted by Gasteiger charge is -2.13. The van der Waals surface area contributed by atoms with Gasteiger partial charge in [-0.15, -0.1) is 0 Å². The zero-order chi connectivity index (χ0) is 18.7. The van der Waals surface area contributed by atoms with E-state index in [-0.39, 0.29) is 17.7 Å². The lowest BCUT2D eigenvalue weighted by molar-refractivity contribution is -0.123. The Bertz CT molecular complexity index is 894. The Morgan fingerprint density at radius 2 is 2.00 bits per heavy atom. The molecule has 0 spiro atoms. The zero-order valence-electron chi connectivity index (χ0n) is 14.5. The number of ether oxygens (including phenoxy) is 1. The summed E-state index contributed by atoms with van der Waals surface area (Å²) < 4.78 is 5.58. The standard InChI is InChI=1S/C20H18ClNO3S/c1-3-25-17-8-7-16(21)10-15(17)11-18-19(23)22(20(24)26-18)12-14-6-4-5-13(2)9-14/h4-11H,3,12H2,1-2H3/b18-11-. The number of benzene rings is 2. The lowest BCUT2D eigenvalue weighted by atomic mass is 10.1. The number of nitrogens with zero attached hydrogens (tertiary/aromatic N) is 1. The highest BCUT2D eigenvalue weighted by Gasteiger charge is 2.35. The summed E-state index contributed by atoms with van der Waals surface area (Å²) in [6, 6.07) is 13.0. The molecule has 2 amide bonds. The van der Waals surface area contributed by atoms with Gasteiger partial charge in [-0.3, -0.25) is 14.5 Å². The van der Waals surface area contributed by atoms with Gasteiger partial charge in [0.05, 0.1) is 18.1 Å². The maximum absolute atomic E-state index is 12.7. The fourth-order valence-electron chi connectivity index (χ4n) is 2.69. The van der Waals surface area contributed by atoms with E-state index in [1.54, 1.807) is 24.3 Å². The second-order valence-corrected chi connectivity index (χ2v) is 7.30. The first kappa shape index (κ1) is 18.5. The van der Waals surface area contributed by atoms with Crippen LogP contribution in [0.15, 0.2) is 47.4 Å². The molecular formula is C20H18ClNO3S. The van der Waals surface area contributed by atoms with Crippen molar-refractivity contribution in [3.05, 3.63) is 69.1 Å². The van der Waals surface area contributed by atoms with E-state index < -0.39 is 0 Å². The molecule has 6 heteroatoms. The van der Waals surface area contributed by atoms with Crippen LogP contribution in [-0.2, 0) is 11.3 Å².